The van der Waals surface area contributed by atoms with Crippen molar-refractivity contribution < 1.29 is 24.0 Å². The molecule has 0 radical (unpaired) electrons. The molecule has 9 heteroatoms. The van der Waals surface area contributed by atoms with Crippen molar-refractivity contribution in [3.8, 4) is 5.75 Å². The number of hydrogen-bond acceptors (Lipinski definition) is 5. The quantitative estimate of drug-likeness (QED) is 0.281. The number of pyridine rings is 1. The maximum Gasteiger partial charge on any atom is 0.466 e. The molecule has 0 atom stereocenters. The van der Waals surface area contributed by atoms with Gasteiger partial charge in [-0.3, -0.25) is 4.98 Å². The smallest absolute Gasteiger partial charge is 0.466 e. The monoisotopic (exact) mass is 413 g/mol. The molecule has 1 aromatic heterocycles. The summed E-state index contributed by atoms with van der Waals surface area (Å²) in [5.41, 5.74) is 2.07. The summed E-state index contributed by atoms with van der Waals surface area (Å²) in [4.78, 5) is 26.0. The largest absolute Gasteiger partial charge is 0.497 e. The van der Waals surface area contributed by atoms with Gasteiger partial charge in [-0.05, 0) is 44.5 Å². The van der Waals surface area contributed by atoms with E-state index in [1.54, 1.807) is 7.11 Å². The molecular formula is C19H32N3O5P. The zero-order chi connectivity index (χ0) is 20.8. The first-order valence-electron chi connectivity index (χ1n) is 9.50. The summed E-state index contributed by atoms with van der Waals surface area (Å²) >= 11 is 0. The van der Waals surface area contributed by atoms with Gasteiger partial charge in [0.15, 0.2) is 0 Å². The number of phosphoric acid groups is 1. The Morgan fingerprint density at radius 2 is 1.75 bits per heavy atom. The van der Waals surface area contributed by atoms with Crippen LogP contribution in [0.1, 0.15) is 39.0 Å². The fourth-order valence-electron chi connectivity index (χ4n) is 2.62. The second-order valence-corrected chi connectivity index (χ2v) is 7.38. The van der Waals surface area contributed by atoms with Gasteiger partial charge in [0.05, 0.1) is 18.3 Å². The van der Waals surface area contributed by atoms with E-state index in [4.69, 9.17) is 24.0 Å². The molecule has 0 amide bonds. The predicted octanol–water partition coefficient (Wildman–Crippen LogP) is 3.29. The van der Waals surface area contributed by atoms with Gasteiger partial charge in [0.25, 0.3) is 0 Å². The predicted molar refractivity (Wildman–Crippen MR) is 113 cm³/mol. The zero-order valence-corrected chi connectivity index (χ0v) is 17.5. The fourth-order valence-corrected chi connectivity index (χ4v) is 2.62. The lowest BCUT2D eigenvalue weighted by Crippen LogP contribution is -2.16. The van der Waals surface area contributed by atoms with Crippen molar-refractivity contribution in [1.82, 2.24) is 10.3 Å². The third kappa shape index (κ3) is 11.2. The molecule has 1 heterocycles. The number of aromatic nitrogens is 1. The summed E-state index contributed by atoms with van der Waals surface area (Å²) in [6.07, 6.45) is 8.02. The third-order valence-electron chi connectivity index (χ3n) is 3.97. The number of nitrogens with zero attached hydrogens (tertiary/aromatic N) is 1. The van der Waals surface area contributed by atoms with Gasteiger partial charge in [-0.25, -0.2) is 4.57 Å². The van der Waals surface area contributed by atoms with Crippen LogP contribution in [-0.4, -0.2) is 46.4 Å². The molecule has 0 saturated heterocycles. The maximum atomic E-state index is 8.88. The minimum absolute atomic E-state index is 0.869. The van der Waals surface area contributed by atoms with E-state index in [2.05, 4.69) is 28.6 Å². The Balaban J connectivity index is 0.000000696. The highest BCUT2D eigenvalue weighted by Gasteiger charge is 2.05. The molecule has 0 spiro atoms. The highest BCUT2D eigenvalue weighted by Crippen LogP contribution is 2.27. The molecule has 28 heavy (non-hydrogen) atoms. The van der Waals surface area contributed by atoms with Crippen LogP contribution in [0.25, 0.3) is 10.9 Å². The SMILES string of the molecule is CCCCNCCCCCNc1cc(OC)cc2cccnc12.O=P(O)(O)O. The molecule has 158 valence electrons. The lowest BCUT2D eigenvalue weighted by Gasteiger charge is -2.11. The van der Waals surface area contributed by atoms with Crippen molar-refractivity contribution in [2.75, 3.05) is 32.1 Å². The Labute approximate surface area is 166 Å². The van der Waals surface area contributed by atoms with Crippen LogP contribution in [0.2, 0.25) is 0 Å². The molecule has 0 unspecified atom stereocenters. The first-order chi connectivity index (χ1) is 13.3. The Morgan fingerprint density at radius 3 is 2.43 bits per heavy atom. The Kier molecular flexibility index (Phi) is 11.7. The molecule has 0 aliphatic rings. The lowest BCUT2D eigenvalue weighted by atomic mass is 10.1. The summed E-state index contributed by atoms with van der Waals surface area (Å²) in [6.45, 7) is 5.47. The van der Waals surface area contributed by atoms with Crippen LogP contribution in [0.15, 0.2) is 30.5 Å². The number of rotatable bonds is 11. The van der Waals surface area contributed by atoms with Gasteiger partial charge in [0.1, 0.15) is 5.75 Å². The van der Waals surface area contributed by atoms with E-state index in [1.165, 1.54) is 32.1 Å². The van der Waals surface area contributed by atoms with Gasteiger partial charge in [-0.1, -0.05) is 25.8 Å². The lowest BCUT2D eigenvalue weighted by molar-refractivity contribution is 0.275. The summed E-state index contributed by atoms with van der Waals surface area (Å²) in [5.74, 6) is 0.869. The number of hydrogen-bond donors (Lipinski definition) is 5. The van der Waals surface area contributed by atoms with Crippen LogP contribution < -0.4 is 15.4 Å². The molecule has 0 bridgehead atoms. The maximum absolute atomic E-state index is 8.88. The minimum Gasteiger partial charge on any atom is -0.497 e. The molecule has 5 N–H and O–H groups in total. The number of methoxy groups -OCH3 is 1. The number of nitrogens with one attached hydrogen (secondary N) is 2. The van der Waals surface area contributed by atoms with Crippen LogP contribution in [0.3, 0.4) is 0 Å². The van der Waals surface area contributed by atoms with Crippen molar-refractivity contribution >= 4 is 24.4 Å². The van der Waals surface area contributed by atoms with Crippen molar-refractivity contribution in [3.63, 3.8) is 0 Å². The van der Waals surface area contributed by atoms with Crippen molar-refractivity contribution in [3.05, 3.63) is 30.5 Å². The standard InChI is InChI=1S/C19H29N3O.H3O4P/c1-3-4-10-20-11-6-5-7-12-21-18-15-17(23-2)14-16-9-8-13-22-19(16)18;1-5(2,3)4/h8-9,13-15,20-21H,3-7,10-12H2,1-2H3;(H3,1,2,3,4). The van der Waals surface area contributed by atoms with Gasteiger partial charge in [-0.15, -0.1) is 0 Å². The average molecular weight is 413 g/mol. The van der Waals surface area contributed by atoms with Crippen LogP contribution >= 0.6 is 7.82 Å². The Hall–Kier alpha value is -1.70. The van der Waals surface area contributed by atoms with Crippen molar-refractivity contribution in [1.29, 1.82) is 0 Å². The number of fused-ring (bicyclic) bond motifs is 1. The zero-order valence-electron chi connectivity index (χ0n) is 16.6. The van der Waals surface area contributed by atoms with Gasteiger partial charge in [-0.2, -0.15) is 0 Å². The molecule has 0 fully saturated rings. The molecule has 0 aliphatic carbocycles. The number of unbranched alkanes of at least 4 members (excludes halogenated alkanes) is 3. The van der Waals surface area contributed by atoms with E-state index in [-0.39, 0.29) is 0 Å². The summed E-state index contributed by atoms with van der Waals surface area (Å²) < 4.78 is 14.3. The average Bonchev–Trinajstić information content (AvgIpc) is 2.65. The fraction of sp³-hybridized carbons (Fsp3) is 0.526. The van der Waals surface area contributed by atoms with E-state index in [1.807, 2.05) is 24.4 Å². The van der Waals surface area contributed by atoms with Crippen molar-refractivity contribution in [2.45, 2.75) is 39.0 Å². The van der Waals surface area contributed by atoms with Crippen LogP contribution in [0.4, 0.5) is 5.69 Å². The van der Waals surface area contributed by atoms with Gasteiger partial charge < -0.3 is 30.1 Å². The van der Waals surface area contributed by atoms with E-state index in [0.29, 0.717) is 0 Å². The molecule has 0 aliphatic heterocycles. The summed E-state index contributed by atoms with van der Waals surface area (Å²) in [6, 6.07) is 8.08. The number of benzene rings is 1. The Bertz CT molecular complexity index is 730. The van der Waals surface area contributed by atoms with E-state index in [0.717, 1.165) is 42.0 Å². The first kappa shape index (κ1) is 24.3. The highest BCUT2D eigenvalue weighted by molar-refractivity contribution is 7.45. The Morgan fingerprint density at radius 1 is 1.07 bits per heavy atom. The second kappa shape index (κ2) is 13.5. The molecule has 8 nitrogen and oxygen atoms in total. The molecule has 1 aromatic carbocycles. The molecular weight excluding hydrogens is 381 g/mol. The molecule has 0 saturated carbocycles. The number of anilines is 1. The summed E-state index contributed by atoms with van der Waals surface area (Å²) in [7, 11) is -2.94. The second-order valence-electron chi connectivity index (χ2n) is 6.35. The third-order valence-corrected chi connectivity index (χ3v) is 3.97. The first-order valence-corrected chi connectivity index (χ1v) is 11.1. The van der Waals surface area contributed by atoms with Gasteiger partial charge >= 0.3 is 7.82 Å². The van der Waals surface area contributed by atoms with Gasteiger partial charge in [0.2, 0.25) is 0 Å². The van der Waals surface area contributed by atoms with Gasteiger partial charge in [0, 0.05) is 24.2 Å². The van der Waals surface area contributed by atoms with Crippen LogP contribution in [-0.2, 0) is 4.57 Å². The highest BCUT2D eigenvalue weighted by atomic mass is 31.2. The summed E-state index contributed by atoms with van der Waals surface area (Å²) in [5, 5.41) is 8.10. The normalized spacial score (nSPS) is 11.0. The topological polar surface area (TPSA) is 124 Å². The van der Waals surface area contributed by atoms with Crippen LogP contribution in [0, 0.1) is 0 Å². The van der Waals surface area contributed by atoms with Crippen molar-refractivity contribution in [2.24, 2.45) is 0 Å². The number of ether oxygens (including phenoxy) is 1. The van der Waals surface area contributed by atoms with Crippen LogP contribution in [0.5, 0.6) is 5.75 Å². The minimum atomic E-state index is -4.64. The molecule has 2 aromatic rings. The van der Waals surface area contributed by atoms with E-state index < -0.39 is 7.82 Å². The van der Waals surface area contributed by atoms with E-state index >= 15 is 0 Å². The van der Waals surface area contributed by atoms with E-state index in [9.17, 15) is 0 Å². The molecule has 2 rings (SSSR count).